The van der Waals surface area contributed by atoms with Gasteiger partial charge >= 0.3 is 5.63 Å². The van der Waals surface area contributed by atoms with Crippen molar-refractivity contribution in [1.82, 2.24) is 9.97 Å². The van der Waals surface area contributed by atoms with Crippen LogP contribution in [0.15, 0.2) is 50.8 Å². The number of H-pyrrole nitrogens is 1. The maximum absolute atomic E-state index is 11.9. The topological polar surface area (TPSA) is 79.1 Å². The molecule has 6 heteroatoms. The van der Waals surface area contributed by atoms with Crippen molar-refractivity contribution < 1.29 is 9.52 Å². The van der Waals surface area contributed by atoms with Crippen LogP contribution in [0.3, 0.4) is 0 Å². The van der Waals surface area contributed by atoms with E-state index in [1.54, 1.807) is 19.1 Å². The summed E-state index contributed by atoms with van der Waals surface area (Å²) in [5, 5.41) is 11.5. The summed E-state index contributed by atoms with van der Waals surface area (Å²) in [6.07, 6.45) is 0. The molecule has 0 aliphatic heterocycles. The number of hydrogen-bond donors (Lipinski definition) is 2. The number of thioether (sulfide) groups is 1. The SMILES string of the molecule is Cc1ccc2nc(SCc3cc(=O)oc4c(C)c(O)ccc34)[nH]c2c1. The van der Waals surface area contributed by atoms with E-state index in [1.165, 1.54) is 23.4 Å². The van der Waals surface area contributed by atoms with Gasteiger partial charge in [-0.05, 0) is 49.2 Å². The number of nitrogens with zero attached hydrogens (tertiary/aromatic N) is 1. The van der Waals surface area contributed by atoms with Crippen LogP contribution < -0.4 is 5.63 Å². The molecule has 0 saturated heterocycles. The number of aromatic nitrogens is 2. The number of nitrogens with one attached hydrogen (secondary N) is 1. The highest BCUT2D eigenvalue weighted by molar-refractivity contribution is 7.98. The van der Waals surface area contributed by atoms with Crippen molar-refractivity contribution in [3.8, 4) is 5.75 Å². The summed E-state index contributed by atoms with van der Waals surface area (Å²) in [6, 6.07) is 11.0. The van der Waals surface area contributed by atoms with E-state index in [4.69, 9.17) is 4.42 Å². The highest BCUT2D eigenvalue weighted by Gasteiger charge is 2.12. The molecule has 0 radical (unpaired) electrons. The van der Waals surface area contributed by atoms with E-state index in [9.17, 15) is 9.90 Å². The van der Waals surface area contributed by atoms with Crippen molar-refractivity contribution in [2.45, 2.75) is 24.8 Å². The lowest BCUT2D eigenvalue weighted by Gasteiger charge is -2.07. The number of rotatable bonds is 3. The highest BCUT2D eigenvalue weighted by Crippen LogP contribution is 2.30. The molecule has 0 saturated carbocycles. The number of aryl methyl sites for hydroxylation is 2. The average Bonchev–Trinajstić information content (AvgIpc) is 2.98. The van der Waals surface area contributed by atoms with Gasteiger partial charge in [0.25, 0.3) is 0 Å². The Balaban J connectivity index is 1.70. The third kappa shape index (κ3) is 2.89. The molecular formula is C19H16N2O3S. The summed E-state index contributed by atoms with van der Waals surface area (Å²) in [5.74, 6) is 0.693. The van der Waals surface area contributed by atoms with Gasteiger partial charge in [0.05, 0.1) is 11.0 Å². The second kappa shape index (κ2) is 5.97. The summed E-state index contributed by atoms with van der Waals surface area (Å²) < 4.78 is 5.28. The van der Waals surface area contributed by atoms with Gasteiger partial charge in [0, 0.05) is 22.8 Å². The first kappa shape index (κ1) is 15.8. The van der Waals surface area contributed by atoms with E-state index in [0.29, 0.717) is 16.9 Å². The molecule has 0 spiro atoms. The summed E-state index contributed by atoms with van der Waals surface area (Å²) in [6.45, 7) is 3.78. The Hall–Kier alpha value is -2.73. The normalized spacial score (nSPS) is 11.4. The molecule has 0 aliphatic rings. The van der Waals surface area contributed by atoms with Gasteiger partial charge in [-0.1, -0.05) is 17.8 Å². The van der Waals surface area contributed by atoms with Crippen molar-refractivity contribution in [2.75, 3.05) is 0 Å². The van der Waals surface area contributed by atoms with Gasteiger partial charge in [-0.15, -0.1) is 0 Å². The van der Waals surface area contributed by atoms with Crippen LogP contribution in [-0.2, 0) is 5.75 Å². The van der Waals surface area contributed by atoms with E-state index in [0.717, 1.165) is 27.1 Å². The number of hydrogen-bond acceptors (Lipinski definition) is 5. The predicted octanol–water partition coefficient (Wildman–Crippen LogP) is 4.28. The van der Waals surface area contributed by atoms with E-state index < -0.39 is 5.63 Å². The number of aromatic amines is 1. The molecule has 0 bridgehead atoms. The molecule has 0 amide bonds. The molecule has 25 heavy (non-hydrogen) atoms. The zero-order valence-electron chi connectivity index (χ0n) is 13.8. The van der Waals surface area contributed by atoms with Gasteiger partial charge in [0.15, 0.2) is 5.16 Å². The fourth-order valence-electron chi connectivity index (χ4n) is 2.85. The van der Waals surface area contributed by atoms with Gasteiger partial charge in [-0.25, -0.2) is 9.78 Å². The molecule has 0 unspecified atom stereocenters. The van der Waals surface area contributed by atoms with Crippen LogP contribution in [0, 0.1) is 13.8 Å². The highest BCUT2D eigenvalue weighted by atomic mass is 32.2. The third-order valence-electron chi connectivity index (χ3n) is 4.20. The summed E-state index contributed by atoms with van der Waals surface area (Å²) in [5.41, 5.74) is 4.54. The third-order valence-corrected chi connectivity index (χ3v) is 5.12. The standard InChI is InChI=1S/C19H16N2O3S/c1-10-3-5-14-15(7-10)21-19(20-14)25-9-12-8-17(23)24-18-11(2)16(22)6-4-13(12)18/h3-8,22H,9H2,1-2H3,(H,20,21). The minimum absolute atomic E-state index is 0.119. The van der Waals surface area contributed by atoms with Gasteiger partial charge < -0.3 is 14.5 Å². The van der Waals surface area contributed by atoms with Crippen molar-refractivity contribution in [1.29, 1.82) is 0 Å². The Morgan fingerprint density at radius 2 is 2.04 bits per heavy atom. The van der Waals surface area contributed by atoms with E-state index in [1.807, 2.05) is 19.1 Å². The van der Waals surface area contributed by atoms with Gasteiger partial charge in [0.1, 0.15) is 11.3 Å². The Kier molecular flexibility index (Phi) is 3.77. The monoisotopic (exact) mass is 352 g/mol. The molecule has 4 aromatic rings. The molecule has 0 fully saturated rings. The second-order valence-corrected chi connectivity index (χ2v) is 6.99. The van der Waals surface area contributed by atoms with Crippen molar-refractivity contribution >= 4 is 33.8 Å². The Morgan fingerprint density at radius 3 is 2.88 bits per heavy atom. The van der Waals surface area contributed by atoms with Crippen molar-refractivity contribution in [3.63, 3.8) is 0 Å². The predicted molar refractivity (Wildman–Crippen MR) is 99.3 cm³/mol. The van der Waals surface area contributed by atoms with Crippen LogP contribution in [0.2, 0.25) is 0 Å². The average molecular weight is 352 g/mol. The van der Waals surface area contributed by atoms with Crippen molar-refractivity contribution in [3.05, 3.63) is 63.5 Å². The number of aromatic hydroxyl groups is 1. The summed E-state index contributed by atoms with van der Waals surface area (Å²) in [4.78, 5) is 19.7. The summed E-state index contributed by atoms with van der Waals surface area (Å²) in [7, 11) is 0. The first-order valence-electron chi connectivity index (χ1n) is 7.86. The van der Waals surface area contributed by atoms with E-state index >= 15 is 0 Å². The van der Waals surface area contributed by atoms with Crippen LogP contribution in [0.25, 0.3) is 22.0 Å². The largest absolute Gasteiger partial charge is 0.508 e. The number of imidazole rings is 1. The Labute approximate surface area is 147 Å². The number of phenols is 1. The molecule has 4 rings (SSSR count). The molecule has 2 N–H and O–H groups in total. The molecule has 0 aliphatic carbocycles. The second-order valence-electron chi connectivity index (χ2n) is 6.03. The first-order valence-corrected chi connectivity index (χ1v) is 8.84. The van der Waals surface area contributed by atoms with Crippen LogP contribution in [0.4, 0.5) is 0 Å². The maximum atomic E-state index is 11.9. The molecule has 2 aromatic carbocycles. The first-order chi connectivity index (χ1) is 12.0. The van der Waals surface area contributed by atoms with Crippen LogP contribution in [-0.4, -0.2) is 15.1 Å². The number of benzene rings is 2. The van der Waals surface area contributed by atoms with Gasteiger partial charge in [-0.3, -0.25) is 0 Å². The molecular weight excluding hydrogens is 336 g/mol. The molecule has 2 aromatic heterocycles. The number of fused-ring (bicyclic) bond motifs is 2. The van der Waals surface area contributed by atoms with E-state index in [2.05, 4.69) is 16.0 Å². The lowest BCUT2D eigenvalue weighted by molar-refractivity contribution is 0.468. The molecule has 0 atom stereocenters. The number of phenolic OH excluding ortho intramolecular Hbond substituents is 1. The fourth-order valence-corrected chi connectivity index (χ4v) is 3.73. The van der Waals surface area contributed by atoms with Crippen LogP contribution in [0.5, 0.6) is 5.75 Å². The van der Waals surface area contributed by atoms with Gasteiger partial charge in [0.2, 0.25) is 0 Å². The Morgan fingerprint density at radius 1 is 1.20 bits per heavy atom. The minimum atomic E-state index is -0.419. The van der Waals surface area contributed by atoms with Crippen LogP contribution >= 0.6 is 11.8 Å². The zero-order chi connectivity index (χ0) is 17.6. The fraction of sp³-hybridized carbons (Fsp3) is 0.158. The lowest BCUT2D eigenvalue weighted by atomic mass is 10.1. The maximum Gasteiger partial charge on any atom is 0.336 e. The molecule has 2 heterocycles. The molecule has 5 nitrogen and oxygen atoms in total. The minimum Gasteiger partial charge on any atom is -0.508 e. The van der Waals surface area contributed by atoms with Gasteiger partial charge in [-0.2, -0.15) is 0 Å². The Bertz CT molecular complexity index is 1160. The quantitative estimate of drug-likeness (QED) is 0.425. The lowest BCUT2D eigenvalue weighted by Crippen LogP contribution is -2.01. The van der Waals surface area contributed by atoms with Crippen molar-refractivity contribution in [2.24, 2.45) is 0 Å². The summed E-state index contributed by atoms with van der Waals surface area (Å²) >= 11 is 1.53. The smallest absolute Gasteiger partial charge is 0.336 e. The van der Waals surface area contributed by atoms with E-state index in [-0.39, 0.29) is 5.75 Å². The molecule has 126 valence electrons. The van der Waals surface area contributed by atoms with Crippen LogP contribution in [0.1, 0.15) is 16.7 Å². The zero-order valence-corrected chi connectivity index (χ0v) is 14.6.